The molecule has 31 heavy (non-hydrogen) atoms. The molecule has 4 N–H and O–H groups in total. The van der Waals surface area contributed by atoms with Crippen LogP contribution in [0.25, 0.3) is 22.0 Å². The number of H-pyrrole nitrogens is 2. The lowest BCUT2D eigenvalue weighted by molar-refractivity contribution is 0.0535. The van der Waals surface area contributed by atoms with Crippen LogP contribution in [-0.2, 0) is 5.41 Å². The Morgan fingerprint density at radius 2 is 2.00 bits per heavy atom. The molecule has 0 bridgehead atoms. The van der Waals surface area contributed by atoms with Gasteiger partial charge in [-0.2, -0.15) is 5.10 Å². The number of carbonyl (C=O) groups excluding carboxylic acids is 1. The second kappa shape index (κ2) is 7.08. The summed E-state index contributed by atoms with van der Waals surface area (Å²) < 4.78 is 5.62. The SMILES string of the molecule is CC1(C)c2cc(OC[C@H](O)CO)ccc2C(=O)c2c1[nH]c1cc(-c3cn[nH]c3)ccc21. The van der Waals surface area contributed by atoms with Gasteiger partial charge in [-0.05, 0) is 35.4 Å². The van der Waals surface area contributed by atoms with E-state index in [0.29, 0.717) is 16.9 Å². The van der Waals surface area contributed by atoms with E-state index in [9.17, 15) is 9.90 Å². The van der Waals surface area contributed by atoms with Crippen LogP contribution in [0, 0.1) is 0 Å². The van der Waals surface area contributed by atoms with Crippen molar-refractivity contribution in [2.45, 2.75) is 25.4 Å². The third-order valence-corrected chi connectivity index (χ3v) is 6.04. The van der Waals surface area contributed by atoms with Crippen molar-refractivity contribution in [2.75, 3.05) is 13.2 Å². The van der Waals surface area contributed by atoms with E-state index in [2.05, 4.69) is 29.0 Å². The Morgan fingerprint density at radius 3 is 2.74 bits per heavy atom. The van der Waals surface area contributed by atoms with Gasteiger partial charge in [-0.1, -0.05) is 26.0 Å². The molecule has 0 saturated carbocycles. The maximum absolute atomic E-state index is 13.5. The lowest BCUT2D eigenvalue weighted by Gasteiger charge is -2.32. The summed E-state index contributed by atoms with van der Waals surface area (Å²) in [5.74, 6) is 0.530. The zero-order valence-electron chi connectivity index (χ0n) is 17.3. The molecule has 1 aliphatic rings. The monoisotopic (exact) mass is 417 g/mol. The predicted octanol–water partition coefficient (Wildman–Crippen LogP) is 3.16. The number of ether oxygens (including phenoxy) is 1. The number of nitrogens with zero attached hydrogens (tertiary/aromatic N) is 1. The maximum Gasteiger partial charge on any atom is 0.195 e. The van der Waals surface area contributed by atoms with Gasteiger partial charge in [0.05, 0.1) is 18.4 Å². The van der Waals surface area contributed by atoms with Crippen LogP contribution in [0.1, 0.15) is 41.0 Å². The third kappa shape index (κ3) is 3.05. The molecule has 0 fully saturated rings. The summed E-state index contributed by atoms with van der Waals surface area (Å²) in [6.45, 7) is 3.78. The molecule has 5 rings (SSSR count). The van der Waals surface area contributed by atoms with Crippen LogP contribution in [-0.4, -0.2) is 50.5 Å². The summed E-state index contributed by atoms with van der Waals surface area (Å²) in [7, 11) is 0. The molecule has 0 unspecified atom stereocenters. The normalized spacial score (nSPS) is 15.5. The highest BCUT2D eigenvalue weighted by molar-refractivity contribution is 6.20. The summed E-state index contributed by atoms with van der Waals surface area (Å²) in [6.07, 6.45) is 2.66. The number of aromatic amines is 2. The Bertz CT molecular complexity index is 1290. The van der Waals surface area contributed by atoms with Crippen LogP contribution < -0.4 is 4.74 Å². The fraction of sp³-hybridized carbons (Fsp3) is 0.250. The maximum atomic E-state index is 13.5. The van der Waals surface area contributed by atoms with Gasteiger partial charge in [0.2, 0.25) is 0 Å². The van der Waals surface area contributed by atoms with Crippen LogP contribution in [0.2, 0.25) is 0 Å². The van der Waals surface area contributed by atoms with E-state index >= 15 is 0 Å². The number of nitrogens with one attached hydrogen (secondary N) is 2. The minimum Gasteiger partial charge on any atom is -0.491 e. The van der Waals surface area contributed by atoms with E-state index in [1.54, 1.807) is 18.3 Å². The van der Waals surface area contributed by atoms with E-state index in [1.807, 2.05) is 30.5 Å². The number of ketones is 1. The zero-order chi connectivity index (χ0) is 21.8. The molecule has 0 spiro atoms. The van der Waals surface area contributed by atoms with Crippen LogP contribution in [0.5, 0.6) is 5.75 Å². The molecule has 2 heterocycles. The largest absolute Gasteiger partial charge is 0.491 e. The number of rotatable bonds is 5. The summed E-state index contributed by atoms with van der Waals surface area (Å²) in [6, 6.07) is 11.4. The molecule has 0 amide bonds. The lowest BCUT2D eigenvalue weighted by atomic mass is 9.71. The second-order valence-corrected chi connectivity index (χ2v) is 8.43. The molecule has 0 aliphatic heterocycles. The number of hydrogen-bond donors (Lipinski definition) is 4. The first-order valence-corrected chi connectivity index (χ1v) is 10.2. The molecular formula is C24H23N3O4. The van der Waals surface area contributed by atoms with Gasteiger partial charge in [0.1, 0.15) is 18.5 Å². The number of carbonyl (C=O) groups is 1. The Labute approximate surface area is 178 Å². The standard InChI is InChI=1S/C24H23N3O4/c1-24(2)19-8-16(31-12-15(29)11-28)4-6-17(19)22(30)21-18-5-3-13(14-9-25-26-10-14)7-20(18)27-23(21)24/h3-10,15,27-29H,11-12H2,1-2H3,(H,25,26)/t15-/m1/s1. The van der Waals surface area contributed by atoms with Gasteiger partial charge in [0.25, 0.3) is 0 Å². The van der Waals surface area contributed by atoms with Crippen molar-refractivity contribution in [1.29, 1.82) is 0 Å². The van der Waals surface area contributed by atoms with Gasteiger partial charge in [-0.15, -0.1) is 0 Å². The molecule has 4 aromatic rings. The van der Waals surface area contributed by atoms with Gasteiger partial charge in [0, 0.05) is 39.3 Å². The van der Waals surface area contributed by atoms with Crippen molar-refractivity contribution in [1.82, 2.24) is 15.2 Å². The molecule has 158 valence electrons. The number of aromatic nitrogens is 3. The summed E-state index contributed by atoms with van der Waals surface area (Å²) in [5.41, 5.74) is 5.53. The highest BCUT2D eigenvalue weighted by Gasteiger charge is 2.39. The van der Waals surface area contributed by atoms with Gasteiger partial charge >= 0.3 is 0 Å². The summed E-state index contributed by atoms with van der Waals surface area (Å²) >= 11 is 0. The summed E-state index contributed by atoms with van der Waals surface area (Å²) in [5, 5.41) is 26.3. The van der Waals surface area contributed by atoms with Crippen molar-refractivity contribution in [3.05, 3.63) is 71.2 Å². The molecule has 2 aromatic heterocycles. The molecule has 0 radical (unpaired) electrons. The number of benzene rings is 2. The fourth-order valence-electron chi connectivity index (χ4n) is 4.33. The number of fused-ring (bicyclic) bond motifs is 4. The molecule has 7 heteroatoms. The van der Waals surface area contributed by atoms with E-state index in [1.165, 1.54) is 0 Å². The Balaban J connectivity index is 1.60. The minimum absolute atomic E-state index is 0.0158. The van der Waals surface area contributed by atoms with Gasteiger partial charge < -0.3 is 19.9 Å². The van der Waals surface area contributed by atoms with Crippen LogP contribution in [0.4, 0.5) is 0 Å². The van der Waals surface area contributed by atoms with Crippen molar-refractivity contribution >= 4 is 16.7 Å². The van der Waals surface area contributed by atoms with Crippen molar-refractivity contribution in [2.24, 2.45) is 0 Å². The second-order valence-electron chi connectivity index (χ2n) is 8.43. The van der Waals surface area contributed by atoms with Gasteiger partial charge in [-0.25, -0.2) is 0 Å². The van der Waals surface area contributed by atoms with Gasteiger partial charge in [-0.3, -0.25) is 9.89 Å². The first-order valence-electron chi connectivity index (χ1n) is 10.2. The molecule has 2 aromatic carbocycles. The van der Waals surface area contributed by atoms with Crippen molar-refractivity contribution in [3.63, 3.8) is 0 Å². The molecule has 7 nitrogen and oxygen atoms in total. The lowest BCUT2D eigenvalue weighted by Crippen LogP contribution is -2.30. The van der Waals surface area contributed by atoms with Crippen molar-refractivity contribution < 1.29 is 19.7 Å². The van der Waals surface area contributed by atoms with E-state index < -0.39 is 11.5 Å². The summed E-state index contributed by atoms with van der Waals surface area (Å²) in [4.78, 5) is 17.0. The van der Waals surface area contributed by atoms with Crippen LogP contribution in [0.15, 0.2) is 48.8 Å². The van der Waals surface area contributed by atoms with E-state index in [4.69, 9.17) is 9.84 Å². The molecule has 0 saturated heterocycles. The first-order chi connectivity index (χ1) is 14.9. The zero-order valence-corrected chi connectivity index (χ0v) is 17.3. The van der Waals surface area contributed by atoms with E-state index in [0.717, 1.165) is 33.3 Å². The van der Waals surface area contributed by atoms with E-state index in [-0.39, 0.29) is 19.0 Å². The molecular weight excluding hydrogens is 394 g/mol. The average Bonchev–Trinajstić information content (AvgIpc) is 3.44. The van der Waals surface area contributed by atoms with Crippen LogP contribution >= 0.6 is 0 Å². The highest BCUT2D eigenvalue weighted by atomic mass is 16.5. The third-order valence-electron chi connectivity index (χ3n) is 6.04. The quantitative estimate of drug-likeness (QED) is 0.399. The molecule has 1 atom stereocenters. The number of aliphatic hydroxyl groups is 2. The van der Waals surface area contributed by atoms with Crippen LogP contribution in [0.3, 0.4) is 0 Å². The average molecular weight is 417 g/mol. The fourth-order valence-corrected chi connectivity index (χ4v) is 4.33. The van der Waals surface area contributed by atoms with Gasteiger partial charge in [0.15, 0.2) is 5.78 Å². The topological polar surface area (TPSA) is 111 Å². The predicted molar refractivity (Wildman–Crippen MR) is 116 cm³/mol. The smallest absolute Gasteiger partial charge is 0.195 e. The first kappa shape index (κ1) is 19.5. The Kier molecular flexibility index (Phi) is 4.46. The Morgan fingerprint density at radius 1 is 1.16 bits per heavy atom. The molecule has 1 aliphatic carbocycles. The Hall–Kier alpha value is -3.42. The van der Waals surface area contributed by atoms with Crippen molar-refractivity contribution in [3.8, 4) is 16.9 Å². The number of aliphatic hydroxyl groups excluding tert-OH is 2. The minimum atomic E-state index is -0.949. The highest BCUT2D eigenvalue weighted by Crippen LogP contribution is 2.45. The number of hydrogen-bond acceptors (Lipinski definition) is 5.